The van der Waals surface area contributed by atoms with Crippen LogP contribution < -0.4 is 0 Å². The molecule has 1 fully saturated rings. The average Bonchev–Trinajstić information content (AvgIpc) is 2.72. The van der Waals surface area contributed by atoms with Crippen molar-refractivity contribution in [1.82, 2.24) is 4.90 Å². The molecule has 0 spiro atoms. The molecular weight excluding hydrogens is 162 g/mol. The van der Waals surface area contributed by atoms with Gasteiger partial charge in [-0.2, -0.15) is 0 Å². The van der Waals surface area contributed by atoms with Crippen LogP contribution in [0.1, 0.15) is 34.8 Å². The normalized spacial score (nSPS) is 24.8. The molecule has 1 aromatic carbocycles. The minimum atomic E-state index is 0.234. The number of carbonyl (C=O) groups is 1. The molecule has 0 radical (unpaired) electrons. The summed E-state index contributed by atoms with van der Waals surface area (Å²) < 4.78 is 0. The molecule has 0 bridgehead atoms. The van der Waals surface area contributed by atoms with Gasteiger partial charge < -0.3 is 4.90 Å². The number of hydrogen-bond donors (Lipinski definition) is 0. The molecule has 1 aromatic rings. The van der Waals surface area contributed by atoms with Crippen molar-refractivity contribution < 1.29 is 4.79 Å². The van der Waals surface area contributed by atoms with Gasteiger partial charge in [0, 0.05) is 12.1 Å². The first-order valence-electron chi connectivity index (χ1n) is 4.78. The minimum Gasteiger partial charge on any atom is -0.332 e. The van der Waals surface area contributed by atoms with E-state index in [0.29, 0.717) is 6.04 Å². The molecule has 2 heterocycles. The highest BCUT2D eigenvalue weighted by molar-refractivity contribution is 5.99. The SMILES string of the molecule is O=C1c2ccccc2C2CCCN12. The first-order valence-corrected chi connectivity index (χ1v) is 4.78. The van der Waals surface area contributed by atoms with Crippen molar-refractivity contribution in [2.24, 2.45) is 0 Å². The van der Waals surface area contributed by atoms with Gasteiger partial charge in [-0.3, -0.25) is 4.79 Å². The van der Waals surface area contributed by atoms with Crippen LogP contribution in [0.15, 0.2) is 24.3 Å². The number of carbonyl (C=O) groups excluding carboxylic acids is 1. The van der Waals surface area contributed by atoms with Gasteiger partial charge in [0.25, 0.3) is 5.91 Å². The van der Waals surface area contributed by atoms with E-state index in [9.17, 15) is 4.79 Å². The maximum absolute atomic E-state index is 11.8. The lowest BCUT2D eigenvalue weighted by atomic mass is 10.0. The molecule has 66 valence electrons. The van der Waals surface area contributed by atoms with Crippen LogP contribution in [0.4, 0.5) is 0 Å². The predicted molar refractivity (Wildman–Crippen MR) is 49.5 cm³/mol. The fraction of sp³-hybridized carbons (Fsp3) is 0.364. The van der Waals surface area contributed by atoms with E-state index >= 15 is 0 Å². The molecule has 2 nitrogen and oxygen atoms in total. The number of rotatable bonds is 0. The van der Waals surface area contributed by atoms with Crippen LogP contribution in [0.25, 0.3) is 0 Å². The van der Waals surface area contributed by atoms with Gasteiger partial charge in [-0.15, -0.1) is 0 Å². The fourth-order valence-electron chi connectivity index (χ4n) is 2.47. The van der Waals surface area contributed by atoms with Crippen LogP contribution in [0.3, 0.4) is 0 Å². The van der Waals surface area contributed by atoms with Crippen molar-refractivity contribution in [3.8, 4) is 0 Å². The third-order valence-electron chi connectivity index (χ3n) is 3.06. The van der Waals surface area contributed by atoms with Crippen molar-refractivity contribution in [2.75, 3.05) is 6.54 Å². The molecule has 2 aliphatic heterocycles. The van der Waals surface area contributed by atoms with E-state index in [1.165, 1.54) is 5.56 Å². The Bertz CT molecular complexity index is 372. The maximum Gasteiger partial charge on any atom is 0.254 e. The fourth-order valence-corrected chi connectivity index (χ4v) is 2.47. The molecule has 1 unspecified atom stereocenters. The highest BCUT2D eigenvalue weighted by atomic mass is 16.2. The lowest BCUT2D eigenvalue weighted by Crippen LogP contribution is -2.22. The summed E-state index contributed by atoms with van der Waals surface area (Å²) in [5.74, 6) is 0.234. The van der Waals surface area contributed by atoms with E-state index in [4.69, 9.17) is 0 Å². The Morgan fingerprint density at radius 2 is 2.15 bits per heavy atom. The van der Waals surface area contributed by atoms with Crippen molar-refractivity contribution in [2.45, 2.75) is 18.9 Å². The second-order valence-electron chi connectivity index (χ2n) is 3.74. The Balaban J connectivity index is 2.19. The Hall–Kier alpha value is -1.31. The Kier molecular flexibility index (Phi) is 1.29. The molecule has 0 aromatic heterocycles. The van der Waals surface area contributed by atoms with E-state index in [0.717, 1.165) is 24.9 Å². The van der Waals surface area contributed by atoms with Gasteiger partial charge in [-0.1, -0.05) is 18.2 Å². The van der Waals surface area contributed by atoms with Crippen molar-refractivity contribution in [1.29, 1.82) is 0 Å². The number of benzene rings is 1. The summed E-state index contributed by atoms with van der Waals surface area (Å²) in [6.45, 7) is 0.943. The molecule has 0 saturated carbocycles. The van der Waals surface area contributed by atoms with Crippen LogP contribution in [0.5, 0.6) is 0 Å². The van der Waals surface area contributed by atoms with E-state index in [-0.39, 0.29) is 5.91 Å². The molecule has 1 atom stereocenters. The van der Waals surface area contributed by atoms with Gasteiger partial charge >= 0.3 is 0 Å². The zero-order chi connectivity index (χ0) is 8.84. The van der Waals surface area contributed by atoms with E-state index in [2.05, 4.69) is 6.07 Å². The van der Waals surface area contributed by atoms with Gasteiger partial charge in [0.1, 0.15) is 0 Å². The topological polar surface area (TPSA) is 20.3 Å². The summed E-state index contributed by atoms with van der Waals surface area (Å²) in [7, 11) is 0. The van der Waals surface area contributed by atoms with Gasteiger partial charge in [0.2, 0.25) is 0 Å². The van der Waals surface area contributed by atoms with Crippen LogP contribution >= 0.6 is 0 Å². The molecule has 1 saturated heterocycles. The molecular formula is C11H11NO. The number of nitrogens with zero attached hydrogens (tertiary/aromatic N) is 1. The van der Waals surface area contributed by atoms with Gasteiger partial charge in [0.05, 0.1) is 6.04 Å². The molecule has 2 heteroatoms. The second kappa shape index (κ2) is 2.34. The van der Waals surface area contributed by atoms with Crippen LogP contribution in [-0.4, -0.2) is 17.4 Å². The monoisotopic (exact) mass is 173 g/mol. The third kappa shape index (κ3) is 0.804. The van der Waals surface area contributed by atoms with Crippen molar-refractivity contribution in [3.05, 3.63) is 35.4 Å². The number of hydrogen-bond acceptors (Lipinski definition) is 1. The van der Waals surface area contributed by atoms with Gasteiger partial charge in [-0.25, -0.2) is 0 Å². The molecule has 2 aliphatic rings. The summed E-state index contributed by atoms with van der Waals surface area (Å²) in [5.41, 5.74) is 2.16. The first-order chi connectivity index (χ1) is 6.38. The van der Waals surface area contributed by atoms with Crippen LogP contribution in [0, 0.1) is 0 Å². The smallest absolute Gasteiger partial charge is 0.254 e. The molecule has 0 aliphatic carbocycles. The van der Waals surface area contributed by atoms with Crippen molar-refractivity contribution in [3.63, 3.8) is 0 Å². The largest absolute Gasteiger partial charge is 0.332 e. The first kappa shape index (κ1) is 7.13. The summed E-state index contributed by atoms with van der Waals surface area (Å²) in [6, 6.07) is 8.38. The average molecular weight is 173 g/mol. The van der Waals surface area contributed by atoms with Gasteiger partial charge in [0.15, 0.2) is 0 Å². The minimum absolute atomic E-state index is 0.234. The zero-order valence-corrected chi connectivity index (χ0v) is 7.36. The molecule has 1 amide bonds. The number of amides is 1. The third-order valence-corrected chi connectivity index (χ3v) is 3.06. The highest BCUT2D eigenvalue weighted by Crippen LogP contribution is 2.40. The zero-order valence-electron chi connectivity index (χ0n) is 7.36. The Morgan fingerprint density at radius 3 is 3.08 bits per heavy atom. The van der Waals surface area contributed by atoms with E-state index < -0.39 is 0 Å². The lowest BCUT2D eigenvalue weighted by molar-refractivity contribution is 0.0776. The summed E-state index contributed by atoms with van der Waals surface area (Å²) in [5, 5.41) is 0. The summed E-state index contributed by atoms with van der Waals surface area (Å²) in [4.78, 5) is 13.8. The van der Waals surface area contributed by atoms with Crippen molar-refractivity contribution >= 4 is 5.91 Å². The van der Waals surface area contributed by atoms with Crippen LogP contribution in [-0.2, 0) is 0 Å². The van der Waals surface area contributed by atoms with E-state index in [1.54, 1.807) is 0 Å². The summed E-state index contributed by atoms with van der Waals surface area (Å²) in [6.07, 6.45) is 2.30. The predicted octanol–water partition coefficient (Wildman–Crippen LogP) is 1.98. The molecule has 3 rings (SSSR count). The maximum atomic E-state index is 11.8. The highest BCUT2D eigenvalue weighted by Gasteiger charge is 2.38. The summed E-state index contributed by atoms with van der Waals surface area (Å²) >= 11 is 0. The van der Waals surface area contributed by atoms with Crippen LogP contribution in [0.2, 0.25) is 0 Å². The Labute approximate surface area is 77.2 Å². The number of fused-ring (bicyclic) bond motifs is 3. The molecule has 13 heavy (non-hydrogen) atoms. The quantitative estimate of drug-likeness (QED) is 0.587. The van der Waals surface area contributed by atoms with E-state index in [1.807, 2.05) is 23.1 Å². The second-order valence-corrected chi connectivity index (χ2v) is 3.74. The molecule has 0 N–H and O–H groups in total. The standard InChI is InChI=1S/C11H11NO/c13-11-9-5-2-1-4-8(9)10-6-3-7-12(10)11/h1-2,4-5,10H,3,6-7H2. The lowest BCUT2D eigenvalue weighted by Gasteiger charge is -2.14. The Morgan fingerprint density at radius 1 is 1.31 bits per heavy atom. The van der Waals surface area contributed by atoms with Gasteiger partial charge in [-0.05, 0) is 24.5 Å².